The Morgan fingerprint density at radius 1 is 1.32 bits per heavy atom. The van der Waals surface area contributed by atoms with Crippen LogP contribution in [-0.4, -0.2) is 11.9 Å². The number of hydrogen-bond acceptors (Lipinski definition) is 1. The smallest absolute Gasteiger partial charge is 0.251 e. The Labute approximate surface area is 115 Å². The van der Waals surface area contributed by atoms with E-state index >= 15 is 0 Å². The van der Waals surface area contributed by atoms with Gasteiger partial charge < -0.3 is 5.32 Å². The molecule has 0 unspecified atom stereocenters. The number of carbonyl (C=O) groups excluding carboxylic acids is 1. The standard InChI is InChI=1S/C16H22N2O/c1-11(15-10-12-3-4-14(15)9-12)17-16(19)13-5-7-18(2)8-6-13/h5-8,11-12,14-15H,3-4,9-10H2,1-2H3/p+1/t11-,12-,14-,15+/m1/s1. The molecule has 3 heteroatoms. The third-order valence-corrected chi connectivity index (χ3v) is 5.03. The molecule has 2 fully saturated rings. The van der Waals surface area contributed by atoms with Crippen LogP contribution in [-0.2, 0) is 7.05 Å². The zero-order valence-electron chi connectivity index (χ0n) is 11.8. The summed E-state index contributed by atoms with van der Waals surface area (Å²) in [4.78, 5) is 12.2. The third-order valence-electron chi connectivity index (χ3n) is 5.03. The second kappa shape index (κ2) is 4.95. The van der Waals surface area contributed by atoms with Crippen molar-refractivity contribution in [1.82, 2.24) is 5.32 Å². The molecule has 4 atom stereocenters. The van der Waals surface area contributed by atoms with E-state index in [1.54, 1.807) is 0 Å². The lowest BCUT2D eigenvalue weighted by atomic mass is 9.84. The highest BCUT2D eigenvalue weighted by molar-refractivity contribution is 5.94. The molecule has 0 spiro atoms. The fraction of sp³-hybridized carbons (Fsp3) is 0.625. The highest BCUT2D eigenvalue weighted by atomic mass is 16.1. The first-order valence-corrected chi connectivity index (χ1v) is 7.39. The molecule has 1 aromatic rings. The van der Waals surface area contributed by atoms with Crippen LogP contribution in [0.5, 0.6) is 0 Å². The van der Waals surface area contributed by atoms with Crippen LogP contribution in [0, 0.1) is 17.8 Å². The average Bonchev–Trinajstić information content (AvgIpc) is 3.01. The van der Waals surface area contributed by atoms with Crippen molar-refractivity contribution in [3.8, 4) is 0 Å². The molecule has 2 aliphatic carbocycles. The van der Waals surface area contributed by atoms with Crippen LogP contribution in [0.3, 0.4) is 0 Å². The van der Waals surface area contributed by atoms with Gasteiger partial charge in [0.25, 0.3) is 5.91 Å². The van der Waals surface area contributed by atoms with E-state index in [9.17, 15) is 4.79 Å². The second-order valence-corrected chi connectivity index (χ2v) is 6.35. The van der Waals surface area contributed by atoms with Gasteiger partial charge in [-0.25, -0.2) is 4.57 Å². The Balaban J connectivity index is 1.61. The van der Waals surface area contributed by atoms with Crippen molar-refractivity contribution in [3.63, 3.8) is 0 Å². The number of aromatic nitrogens is 1. The number of pyridine rings is 1. The molecule has 2 aliphatic rings. The minimum Gasteiger partial charge on any atom is -0.349 e. The predicted molar refractivity (Wildman–Crippen MR) is 73.5 cm³/mol. The van der Waals surface area contributed by atoms with Crippen LogP contribution in [0.4, 0.5) is 0 Å². The van der Waals surface area contributed by atoms with Crippen LogP contribution in [0.15, 0.2) is 24.5 Å². The van der Waals surface area contributed by atoms with Gasteiger partial charge >= 0.3 is 0 Å². The first-order chi connectivity index (χ1) is 9.13. The van der Waals surface area contributed by atoms with Gasteiger partial charge in [0.05, 0.1) is 5.56 Å². The molecule has 19 heavy (non-hydrogen) atoms. The SMILES string of the molecule is C[C@@H](NC(=O)c1cc[n+](C)cc1)[C@@H]1C[C@@H]2CC[C@@H]1C2. The molecule has 0 saturated heterocycles. The van der Waals surface area contributed by atoms with Crippen molar-refractivity contribution in [3.05, 3.63) is 30.1 Å². The largest absolute Gasteiger partial charge is 0.349 e. The van der Waals surface area contributed by atoms with E-state index in [1.165, 1.54) is 25.7 Å². The molecule has 2 saturated carbocycles. The van der Waals surface area contributed by atoms with Gasteiger partial charge in [-0.1, -0.05) is 6.42 Å². The van der Waals surface area contributed by atoms with E-state index < -0.39 is 0 Å². The Hall–Kier alpha value is -1.38. The molecule has 2 bridgehead atoms. The van der Waals surface area contributed by atoms with Crippen molar-refractivity contribution in [2.45, 2.75) is 38.6 Å². The van der Waals surface area contributed by atoms with E-state index in [1.807, 2.05) is 36.1 Å². The van der Waals surface area contributed by atoms with E-state index in [2.05, 4.69) is 12.2 Å². The number of fused-ring (bicyclic) bond motifs is 2. The summed E-state index contributed by atoms with van der Waals surface area (Å²) in [5.41, 5.74) is 0.758. The number of hydrogen-bond donors (Lipinski definition) is 1. The lowest BCUT2D eigenvalue weighted by molar-refractivity contribution is -0.671. The summed E-state index contributed by atoms with van der Waals surface area (Å²) < 4.78 is 1.94. The zero-order chi connectivity index (χ0) is 13.4. The van der Waals surface area contributed by atoms with Gasteiger partial charge in [-0.2, -0.15) is 0 Å². The number of amides is 1. The van der Waals surface area contributed by atoms with Gasteiger partial charge in [0.1, 0.15) is 7.05 Å². The molecule has 0 radical (unpaired) electrons. The van der Waals surface area contributed by atoms with Crippen molar-refractivity contribution < 1.29 is 9.36 Å². The molecular weight excluding hydrogens is 236 g/mol. The molecule has 1 heterocycles. The maximum absolute atomic E-state index is 12.2. The first kappa shape index (κ1) is 12.6. The van der Waals surface area contributed by atoms with Crippen molar-refractivity contribution in [1.29, 1.82) is 0 Å². The van der Waals surface area contributed by atoms with Gasteiger partial charge in [-0.3, -0.25) is 4.79 Å². The molecule has 3 nitrogen and oxygen atoms in total. The summed E-state index contributed by atoms with van der Waals surface area (Å²) in [6.07, 6.45) is 9.32. The van der Waals surface area contributed by atoms with Crippen molar-refractivity contribution in [2.24, 2.45) is 24.8 Å². The molecule has 1 aromatic heterocycles. The zero-order valence-corrected chi connectivity index (χ0v) is 11.8. The van der Waals surface area contributed by atoms with E-state index in [0.717, 1.165) is 17.4 Å². The van der Waals surface area contributed by atoms with Crippen molar-refractivity contribution in [2.75, 3.05) is 0 Å². The maximum atomic E-state index is 12.2. The number of rotatable bonds is 3. The van der Waals surface area contributed by atoms with Crippen LogP contribution in [0.1, 0.15) is 43.0 Å². The molecular formula is C16H23N2O+. The number of aryl methyl sites for hydroxylation is 1. The number of nitrogens with zero attached hydrogens (tertiary/aromatic N) is 1. The topological polar surface area (TPSA) is 33.0 Å². The summed E-state index contributed by atoms with van der Waals surface area (Å²) in [5, 5.41) is 3.19. The van der Waals surface area contributed by atoms with Gasteiger partial charge in [0, 0.05) is 18.2 Å². The highest BCUT2D eigenvalue weighted by Gasteiger charge is 2.42. The number of nitrogens with one attached hydrogen (secondary N) is 1. The second-order valence-electron chi connectivity index (χ2n) is 6.35. The summed E-state index contributed by atoms with van der Waals surface area (Å²) in [6, 6.07) is 4.06. The van der Waals surface area contributed by atoms with E-state index in [-0.39, 0.29) is 5.91 Å². The fourth-order valence-corrected chi connectivity index (χ4v) is 3.96. The number of carbonyl (C=O) groups is 1. The maximum Gasteiger partial charge on any atom is 0.251 e. The van der Waals surface area contributed by atoms with Gasteiger partial charge in [-0.15, -0.1) is 0 Å². The molecule has 1 N–H and O–H groups in total. The van der Waals surface area contributed by atoms with Gasteiger partial charge in [-0.05, 0) is 43.9 Å². The predicted octanol–water partition coefficient (Wildman–Crippen LogP) is 2.07. The Kier molecular flexibility index (Phi) is 3.29. The van der Waals surface area contributed by atoms with E-state index in [0.29, 0.717) is 12.0 Å². The summed E-state index contributed by atoms with van der Waals surface area (Å²) >= 11 is 0. The molecule has 1 amide bonds. The lowest BCUT2D eigenvalue weighted by Gasteiger charge is -2.28. The summed E-state index contributed by atoms with van der Waals surface area (Å²) in [7, 11) is 1.96. The van der Waals surface area contributed by atoms with Crippen LogP contribution < -0.4 is 9.88 Å². The summed E-state index contributed by atoms with van der Waals surface area (Å²) in [6.45, 7) is 2.17. The first-order valence-electron chi connectivity index (χ1n) is 7.39. The van der Waals surface area contributed by atoms with Crippen LogP contribution in [0.25, 0.3) is 0 Å². The van der Waals surface area contributed by atoms with Gasteiger partial charge in [0.15, 0.2) is 12.4 Å². The Morgan fingerprint density at radius 2 is 2.05 bits per heavy atom. The van der Waals surface area contributed by atoms with Crippen LogP contribution >= 0.6 is 0 Å². The van der Waals surface area contributed by atoms with Crippen molar-refractivity contribution >= 4 is 5.91 Å². The lowest BCUT2D eigenvalue weighted by Crippen LogP contribution is -2.40. The molecule has 102 valence electrons. The molecule has 0 aromatic carbocycles. The highest BCUT2D eigenvalue weighted by Crippen LogP contribution is 2.49. The fourth-order valence-electron chi connectivity index (χ4n) is 3.96. The quantitative estimate of drug-likeness (QED) is 0.828. The Bertz CT molecular complexity index is 468. The third kappa shape index (κ3) is 2.51. The summed E-state index contributed by atoms with van der Waals surface area (Å²) in [5.74, 6) is 2.55. The van der Waals surface area contributed by atoms with Gasteiger partial charge in [0.2, 0.25) is 0 Å². The molecule has 3 rings (SSSR count). The van der Waals surface area contributed by atoms with E-state index in [4.69, 9.17) is 0 Å². The minimum absolute atomic E-state index is 0.0656. The normalized spacial score (nSPS) is 30.3. The Morgan fingerprint density at radius 3 is 2.63 bits per heavy atom. The monoisotopic (exact) mass is 259 g/mol. The molecule has 0 aliphatic heterocycles. The average molecular weight is 259 g/mol. The van der Waals surface area contributed by atoms with Crippen LogP contribution in [0.2, 0.25) is 0 Å². The minimum atomic E-state index is 0.0656.